The largest absolute Gasteiger partial charge is 0.492 e. The molecule has 0 aliphatic heterocycles. The van der Waals surface area contributed by atoms with Crippen LogP contribution >= 0.6 is 22.9 Å². The Morgan fingerprint density at radius 1 is 1.50 bits per heavy atom. The van der Waals surface area contributed by atoms with Crippen LogP contribution in [0.15, 0.2) is 18.2 Å². The number of alkyl halides is 1. The Hall–Kier alpha value is -0.800. The number of rotatable bonds is 3. The van der Waals surface area contributed by atoms with Crippen molar-refractivity contribution in [2.45, 2.75) is 12.8 Å². The summed E-state index contributed by atoms with van der Waals surface area (Å²) in [5.41, 5.74) is 0.926. The van der Waals surface area contributed by atoms with Crippen molar-refractivity contribution in [1.82, 2.24) is 4.98 Å². The Bertz CT molecular complexity index is 441. The number of nitrogens with zero attached hydrogens (tertiary/aromatic N) is 1. The van der Waals surface area contributed by atoms with Gasteiger partial charge >= 0.3 is 0 Å². The zero-order valence-electron chi connectivity index (χ0n) is 7.79. The van der Waals surface area contributed by atoms with Crippen LogP contribution in [0, 0.1) is 0 Å². The highest BCUT2D eigenvalue weighted by Crippen LogP contribution is 2.30. The van der Waals surface area contributed by atoms with Crippen LogP contribution in [-0.4, -0.2) is 11.6 Å². The lowest BCUT2D eigenvalue weighted by Gasteiger charge is -2.01. The summed E-state index contributed by atoms with van der Waals surface area (Å²) in [5.74, 6) is 1.31. The van der Waals surface area contributed by atoms with Crippen LogP contribution in [0.4, 0.5) is 0 Å². The number of aromatic nitrogens is 1. The highest BCUT2D eigenvalue weighted by molar-refractivity contribution is 7.18. The van der Waals surface area contributed by atoms with Crippen LogP contribution in [0.2, 0.25) is 0 Å². The third kappa shape index (κ3) is 1.70. The molecule has 0 atom stereocenters. The zero-order chi connectivity index (χ0) is 9.97. The summed E-state index contributed by atoms with van der Waals surface area (Å²) >= 11 is 7.35. The van der Waals surface area contributed by atoms with Gasteiger partial charge in [0.2, 0.25) is 0 Å². The first kappa shape index (κ1) is 9.74. The molecule has 1 aromatic carbocycles. The lowest BCUT2D eigenvalue weighted by molar-refractivity contribution is 0.343. The van der Waals surface area contributed by atoms with Gasteiger partial charge < -0.3 is 4.74 Å². The van der Waals surface area contributed by atoms with Crippen LogP contribution in [0.3, 0.4) is 0 Å². The highest BCUT2D eigenvalue weighted by Gasteiger charge is 2.07. The first-order valence-electron chi connectivity index (χ1n) is 4.42. The van der Waals surface area contributed by atoms with E-state index in [1.165, 1.54) is 0 Å². The van der Waals surface area contributed by atoms with Crippen molar-refractivity contribution in [2.24, 2.45) is 0 Å². The topological polar surface area (TPSA) is 22.1 Å². The molecule has 14 heavy (non-hydrogen) atoms. The molecule has 0 fully saturated rings. The van der Waals surface area contributed by atoms with Crippen molar-refractivity contribution in [1.29, 1.82) is 0 Å². The Morgan fingerprint density at radius 3 is 3.07 bits per heavy atom. The smallest absolute Gasteiger partial charge is 0.146 e. The molecule has 0 bridgehead atoms. The number of thiazole rings is 1. The summed E-state index contributed by atoms with van der Waals surface area (Å²) in [4.78, 5) is 4.41. The Kier molecular flexibility index (Phi) is 2.89. The summed E-state index contributed by atoms with van der Waals surface area (Å²) in [5, 5.41) is 0.939. The van der Waals surface area contributed by atoms with Crippen molar-refractivity contribution in [3.8, 4) is 5.75 Å². The van der Waals surface area contributed by atoms with Gasteiger partial charge in [-0.2, -0.15) is 0 Å². The third-order valence-electron chi connectivity index (χ3n) is 1.84. The molecule has 74 valence electrons. The second-order valence-electron chi connectivity index (χ2n) is 2.78. The number of para-hydroxylation sites is 1. The minimum absolute atomic E-state index is 0.463. The summed E-state index contributed by atoms with van der Waals surface area (Å²) in [7, 11) is 0. The van der Waals surface area contributed by atoms with Crippen LogP contribution in [0.5, 0.6) is 5.75 Å². The monoisotopic (exact) mass is 227 g/mol. The van der Waals surface area contributed by atoms with Crippen molar-refractivity contribution in [2.75, 3.05) is 6.61 Å². The molecule has 0 N–H and O–H groups in total. The number of halogens is 1. The Labute approximate surface area is 91.5 Å². The molecular weight excluding hydrogens is 218 g/mol. The predicted octanol–water partition coefficient (Wildman–Crippen LogP) is 3.43. The van der Waals surface area contributed by atoms with E-state index in [1.807, 2.05) is 25.1 Å². The van der Waals surface area contributed by atoms with Crippen molar-refractivity contribution in [3.05, 3.63) is 23.2 Å². The van der Waals surface area contributed by atoms with Crippen molar-refractivity contribution >= 4 is 33.2 Å². The highest BCUT2D eigenvalue weighted by atomic mass is 35.5. The number of benzene rings is 1. The van der Waals surface area contributed by atoms with Gasteiger partial charge in [0.05, 0.1) is 17.2 Å². The molecule has 0 saturated heterocycles. The maximum Gasteiger partial charge on any atom is 0.146 e. The summed E-state index contributed by atoms with van der Waals surface area (Å²) in [6.07, 6.45) is 0. The van der Waals surface area contributed by atoms with Gasteiger partial charge in [-0.1, -0.05) is 6.07 Å². The molecular formula is C10H10ClNOS. The average Bonchev–Trinajstić information content (AvgIpc) is 2.62. The fourth-order valence-corrected chi connectivity index (χ4v) is 2.36. The van der Waals surface area contributed by atoms with E-state index in [-0.39, 0.29) is 0 Å². The van der Waals surface area contributed by atoms with Gasteiger partial charge in [-0.15, -0.1) is 22.9 Å². The van der Waals surface area contributed by atoms with E-state index < -0.39 is 0 Å². The standard InChI is InChI=1S/C10H10ClNOS/c1-2-13-7-4-3-5-8-10(7)12-9(6-11)14-8/h3-5H,2,6H2,1H3. The summed E-state index contributed by atoms with van der Waals surface area (Å²) < 4.78 is 6.61. The van der Waals surface area contributed by atoms with Crippen LogP contribution < -0.4 is 4.74 Å². The molecule has 1 aromatic heterocycles. The van der Waals surface area contributed by atoms with Gasteiger partial charge in [-0.05, 0) is 19.1 Å². The molecule has 0 radical (unpaired) electrons. The zero-order valence-corrected chi connectivity index (χ0v) is 9.36. The van der Waals surface area contributed by atoms with Gasteiger partial charge in [0.25, 0.3) is 0 Å². The Balaban J connectivity index is 2.55. The summed E-state index contributed by atoms with van der Waals surface area (Å²) in [6.45, 7) is 2.63. The van der Waals surface area contributed by atoms with Gasteiger partial charge in [-0.25, -0.2) is 4.98 Å². The minimum atomic E-state index is 0.463. The first-order valence-corrected chi connectivity index (χ1v) is 5.77. The van der Waals surface area contributed by atoms with E-state index >= 15 is 0 Å². The van der Waals surface area contributed by atoms with Crippen LogP contribution in [0.25, 0.3) is 10.2 Å². The Morgan fingerprint density at radius 2 is 2.36 bits per heavy atom. The molecule has 1 heterocycles. The van der Waals surface area contributed by atoms with E-state index in [9.17, 15) is 0 Å². The van der Waals surface area contributed by atoms with Crippen LogP contribution in [0.1, 0.15) is 11.9 Å². The van der Waals surface area contributed by atoms with Gasteiger partial charge in [-0.3, -0.25) is 0 Å². The molecule has 0 unspecified atom stereocenters. The number of fused-ring (bicyclic) bond motifs is 1. The van der Waals surface area contributed by atoms with E-state index in [1.54, 1.807) is 11.3 Å². The number of hydrogen-bond donors (Lipinski definition) is 0. The van der Waals surface area contributed by atoms with Crippen molar-refractivity contribution in [3.63, 3.8) is 0 Å². The fourth-order valence-electron chi connectivity index (χ4n) is 1.30. The fraction of sp³-hybridized carbons (Fsp3) is 0.300. The quantitative estimate of drug-likeness (QED) is 0.750. The normalized spacial score (nSPS) is 10.7. The molecule has 0 spiro atoms. The van der Waals surface area contributed by atoms with Gasteiger partial charge in [0, 0.05) is 0 Å². The van der Waals surface area contributed by atoms with Gasteiger partial charge in [0.1, 0.15) is 16.3 Å². The van der Waals surface area contributed by atoms with E-state index in [0.717, 1.165) is 21.0 Å². The number of hydrogen-bond acceptors (Lipinski definition) is 3. The lowest BCUT2D eigenvalue weighted by atomic mass is 10.3. The molecule has 0 saturated carbocycles. The van der Waals surface area contributed by atoms with E-state index in [0.29, 0.717) is 12.5 Å². The molecule has 0 aliphatic carbocycles. The molecule has 0 aliphatic rings. The molecule has 0 amide bonds. The first-order chi connectivity index (χ1) is 6.85. The van der Waals surface area contributed by atoms with Crippen molar-refractivity contribution < 1.29 is 4.74 Å². The second-order valence-corrected chi connectivity index (χ2v) is 4.16. The molecule has 2 aromatic rings. The average molecular weight is 228 g/mol. The molecule has 4 heteroatoms. The summed E-state index contributed by atoms with van der Waals surface area (Å²) in [6, 6.07) is 5.94. The van der Waals surface area contributed by atoms with Crippen LogP contribution in [-0.2, 0) is 5.88 Å². The second kappa shape index (κ2) is 4.15. The lowest BCUT2D eigenvalue weighted by Crippen LogP contribution is -1.91. The number of ether oxygens (including phenoxy) is 1. The SMILES string of the molecule is CCOc1cccc2sc(CCl)nc12. The van der Waals surface area contributed by atoms with E-state index in [2.05, 4.69) is 4.98 Å². The molecule has 2 rings (SSSR count). The minimum Gasteiger partial charge on any atom is -0.492 e. The maximum absolute atomic E-state index is 5.73. The molecule has 2 nitrogen and oxygen atoms in total. The predicted molar refractivity (Wildman–Crippen MR) is 60.3 cm³/mol. The van der Waals surface area contributed by atoms with E-state index in [4.69, 9.17) is 16.3 Å². The third-order valence-corrected chi connectivity index (χ3v) is 3.27. The van der Waals surface area contributed by atoms with Gasteiger partial charge in [0.15, 0.2) is 0 Å². The maximum atomic E-state index is 5.73.